The third-order valence-corrected chi connectivity index (χ3v) is 5.87. The number of esters is 2. The molecule has 0 fully saturated rings. The zero-order chi connectivity index (χ0) is 30.6. The summed E-state index contributed by atoms with van der Waals surface area (Å²) in [4.78, 5) is 50.1. The lowest BCUT2D eigenvalue weighted by Crippen LogP contribution is -2.34. The lowest BCUT2D eigenvalue weighted by molar-refractivity contribution is -0.120. The van der Waals surface area contributed by atoms with E-state index in [2.05, 4.69) is 15.8 Å². The number of hydrogen-bond acceptors (Lipinski definition) is 9. The highest BCUT2D eigenvalue weighted by Crippen LogP contribution is 2.28. The van der Waals surface area contributed by atoms with Crippen molar-refractivity contribution in [2.45, 2.75) is 0 Å². The van der Waals surface area contributed by atoms with Gasteiger partial charge in [0.05, 0.1) is 38.1 Å². The molecule has 0 radical (unpaired) electrons. The van der Waals surface area contributed by atoms with Crippen LogP contribution in [-0.2, 0) is 4.79 Å². The Balaban J connectivity index is 1.43. The van der Waals surface area contributed by atoms with Gasteiger partial charge in [-0.25, -0.2) is 15.0 Å². The monoisotopic (exact) mass is 581 g/mol. The van der Waals surface area contributed by atoms with Gasteiger partial charge in [-0.2, -0.15) is 5.10 Å². The van der Waals surface area contributed by atoms with Crippen molar-refractivity contribution in [1.29, 1.82) is 0 Å². The summed E-state index contributed by atoms with van der Waals surface area (Å²) in [5.74, 6) is -1.36. The minimum Gasteiger partial charge on any atom is -0.493 e. The average molecular weight is 582 g/mol. The maximum absolute atomic E-state index is 12.7. The smallest absolute Gasteiger partial charge is 0.343 e. The van der Waals surface area contributed by atoms with E-state index in [1.807, 2.05) is 0 Å². The van der Waals surface area contributed by atoms with Crippen molar-refractivity contribution in [2.24, 2.45) is 5.10 Å². The van der Waals surface area contributed by atoms with Crippen molar-refractivity contribution in [3.63, 3.8) is 0 Å². The van der Waals surface area contributed by atoms with Crippen LogP contribution in [0.2, 0.25) is 0 Å². The van der Waals surface area contributed by atoms with Gasteiger partial charge >= 0.3 is 11.9 Å². The number of benzene rings is 4. The quantitative estimate of drug-likeness (QED) is 0.117. The molecule has 218 valence electrons. The van der Waals surface area contributed by atoms with Crippen molar-refractivity contribution in [2.75, 3.05) is 20.8 Å². The van der Waals surface area contributed by atoms with Crippen LogP contribution < -0.4 is 29.7 Å². The van der Waals surface area contributed by atoms with Crippen LogP contribution in [0.25, 0.3) is 0 Å². The Hall–Kier alpha value is -5.97. The second-order valence-electron chi connectivity index (χ2n) is 8.76. The van der Waals surface area contributed by atoms with Crippen LogP contribution in [0.4, 0.5) is 0 Å². The molecule has 4 aromatic rings. The highest BCUT2D eigenvalue weighted by atomic mass is 16.5. The Morgan fingerprint density at radius 3 is 1.93 bits per heavy atom. The molecule has 0 saturated heterocycles. The van der Waals surface area contributed by atoms with Gasteiger partial charge in [0.2, 0.25) is 0 Å². The molecule has 11 heteroatoms. The SMILES string of the molecule is COc1ccc(C(=O)NCC(=O)NN=Cc2ccc(OC(=O)c3ccccc3)cc2OC(=O)c2ccccc2)cc1OC. The van der Waals surface area contributed by atoms with Crippen LogP contribution in [0, 0.1) is 0 Å². The zero-order valence-electron chi connectivity index (χ0n) is 23.2. The molecule has 2 amide bonds. The van der Waals surface area contributed by atoms with E-state index in [-0.39, 0.29) is 23.6 Å². The molecule has 4 aromatic carbocycles. The lowest BCUT2D eigenvalue weighted by atomic mass is 10.2. The zero-order valence-corrected chi connectivity index (χ0v) is 23.2. The topological polar surface area (TPSA) is 142 Å². The number of methoxy groups -OCH3 is 2. The minimum atomic E-state index is -0.649. The first kappa shape index (κ1) is 30.0. The van der Waals surface area contributed by atoms with Crippen molar-refractivity contribution in [1.82, 2.24) is 10.7 Å². The largest absolute Gasteiger partial charge is 0.493 e. The number of ether oxygens (including phenoxy) is 4. The molecule has 2 N–H and O–H groups in total. The third-order valence-electron chi connectivity index (χ3n) is 5.87. The van der Waals surface area contributed by atoms with Gasteiger partial charge in [-0.05, 0) is 54.6 Å². The fraction of sp³-hybridized carbons (Fsp3) is 0.0938. The summed E-state index contributed by atoms with van der Waals surface area (Å²) in [6, 6.07) is 25.7. The normalized spacial score (nSPS) is 10.5. The van der Waals surface area contributed by atoms with E-state index in [1.165, 1.54) is 50.8 Å². The van der Waals surface area contributed by atoms with Gasteiger partial charge in [-0.15, -0.1) is 0 Å². The minimum absolute atomic E-state index is 0.0342. The Morgan fingerprint density at radius 1 is 0.674 bits per heavy atom. The van der Waals surface area contributed by atoms with Crippen molar-refractivity contribution >= 4 is 30.0 Å². The molecule has 0 aromatic heterocycles. The van der Waals surface area contributed by atoms with Crippen molar-refractivity contribution in [3.05, 3.63) is 119 Å². The molecule has 0 aliphatic heterocycles. The number of carbonyl (C=O) groups is 4. The molecular weight excluding hydrogens is 554 g/mol. The summed E-state index contributed by atoms with van der Waals surface area (Å²) in [6.07, 6.45) is 1.25. The highest BCUT2D eigenvalue weighted by molar-refractivity contribution is 5.97. The molecule has 43 heavy (non-hydrogen) atoms. The molecule has 0 heterocycles. The molecule has 0 unspecified atom stereocenters. The van der Waals surface area contributed by atoms with Gasteiger partial charge in [0.25, 0.3) is 11.8 Å². The number of nitrogens with zero attached hydrogens (tertiary/aromatic N) is 1. The van der Waals surface area contributed by atoms with Gasteiger partial charge in [-0.1, -0.05) is 36.4 Å². The average Bonchev–Trinajstić information content (AvgIpc) is 3.05. The fourth-order valence-corrected chi connectivity index (χ4v) is 3.70. The lowest BCUT2D eigenvalue weighted by Gasteiger charge is -2.11. The van der Waals surface area contributed by atoms with Gasteiger partial charge in [0, 0.05) is 17.2 Å². The molecule has 0 aliphatic carbocycles. The fourth-order valence-electron chi connectivity index (χ4n) is 3.70. The second-order valence-corrected chi connectivity index (χ2v) is 8.76. The van der Waals surface area contributed by atoms with Gasteiger partial charge in [0.15, 0.2) is 11.5 Å². The van der Waals surface area contributed by atoms with E-state index in [4.69, 9.17) is 18.9 Å². The number of carbonyl (C=O) groups excluding carboxylic acids is 4. The standard InChI is InChI=1S/C32H27N3O8/c1-40-26-16-14-23(17-28(26)41-2)30(37)33-20-29(36)35-34-19-24-13-15-25(42-31(38)21-9-5-3-6-10-21)18-27(24)43-32(39)22-11-7-4-8-12-22/h3-19H,20H2,1-2H3,(H,33,37)(H,35,36). The van der Waals surface area contributed by atoms with Crippen LogP contribution in [0.3, 0.4) is 0 Å². The molecule has 0 saturated carbocycles. The molecule has 0 spiro atoms. The molecule has 0 atom stereocenters. The summed E-state index contributed by atoms with van der Waals surface area (Å²) in [5.41, 5.74) is 3.52. The number of hydrazone groups is 1. The molecule has 4 rings (SSSR count). The van der Waals surface area contributed by atoms with Gasteiger partial charge < -0.3 is 24.3 Å². The molecule has 0 aliphatic rings. The Labute approximate surface area is 247 Å². The summed E-state index contributed by atoms with van der Waals surface area (Å²) in [6.45, 7) is -0.366. The summed E-state index contributed by atoms with van der Waals surface area (Å²) in [5, 5.41) is 6.40. The molecule has 0 bridgehead atoms. The first-order valence-corrected chi connectivity index (χ1v) is 12.9. The van der Waals surface area contributed by atoms with Crippen LogP contribution in [0.1, 0.15) is 36.6 Å². The molecule has 11 nitrogen and oxygen atoms in total. The number of hydrogen-bond donors (Lipinski definition) is 2. The van der Waals surface area contributed by atoms with E-state index in [0.29, 0.717) is 28.2 Å². The van der Waals surface area contributed by atoms with Gasteiger partial charge in [-0.3, -0.25) is 9.59 Å². The third kappa shape index (κ3) is 8.27. The van der Waals surface area contributed by atoms with Crippen LogP contribution in [0.15, 0.2) is 102 Å². The van der Waals surface area contributed by atoms with E-state index < -0.39 is 23.8 Å². The Morgan fingerprint density at radius 2 is 1.30 bits per heavy atom. The number of rotatable bonds is 11. The van der Waals surface area contributed by atoms with Crippen LogP contribution in [0.5, 0.6) is 23.0 Å². The van der Waals surface area contributed by atoms with E-state index in [0.717, 1.165) is 0 Å². The maximum Gasteiger partial charge on any atom is 0.343 e. The van der Waals surface area contributed by atoms with Gasteiger partial charge in [0.1, 0.15) is 11.5 Å². The first-order valence-electron chi connectivity index (χ1n) is 12.9. The maximum atomic E-state index is 12.7. The van der Waals surface area contributed by atoms with Crippen LogP contribution in [-0.4, -0.2) is 50.7 Å². The van der Waals surface area contributed by atoms with Crippen LogP contribution >= 0.6 is 0 Å². The highest BCUT2D eigenvalue weighted by Gasteiger charge is 2.15. The predicted octanol–water partition coefficient (Wildman–Crippen LogP) is 4.02. The summed E-state index contributed by atoms with van der Waals surface area (Å²) in [7, 11) is 2.93. The van der Waals surface area contributed by atoms with E-state index >= 15 is 0 Å². The first-order chi connectivity index (χ1) is 20.9. The number of nitrogens with one attached hydrogen (secondary N) is 2. The Kier molecular flexibility index (Phi) is 10.2. The summed E-state index contributed by atoms with van der Waals surface area (Å²) < 4.78 is 21.4. The molecular formula is C32H27N3O8. The van der Waals surface area contributed by atoms with E-state index in [9.17, 15) is 19.2 Å². The summed E-state index contributed by atoms with van der Waals surface area (Å²) >= 11 is 0. The van der Waals surface area contributed by atoms with Crippen molar-refractivity contribution in [3.8, 4) is 23.0 Å². The van der Waals surface area contributed by atoms with Crippen molar-refractivity contribution < 1.29 is 38.1 Å². The predicted molar refractivity (Wildman–Crippen MR) is 157 cm³/mol. The van der Waals surface area contributed by atoms with E-state index in [1.54, 1.807) is 66.7 Å². The second kappa shape index (κ2) is 14.6. The Bertz CT molecular complexity index is 1640. The number of amides is 2.